The first-order valence-electron chi connectivity index (χ1n) is 5.89. The Morgan fingerprint density at radius 3 is 2.89 bits per heavy atom. The van der Waals surface area contributed by atoms with Gasteiger partial charge in [0.1, 0.15) is 5.76 Å². The third-order valence-electron chi connectivity index (χ3n) is 2.74. The van der Waals surface area contributed by atoms with Crippen molar-refractivity contribution in [2.24, 2.45) is 0 Å². The van der Waals surface area contributed by atoms with Crippen LogP contribution in [0.25, 0.3) is 11.5 Å². The minimum absolute atomic E-state index is 0.153. The number of hydrogen-bond acceptors (Lipinski definition) is 3. The van der Waals surface area contributed by atoms with E-state index in [0.717, 1.165) is 16.9 Å². The first kappa shape index (κ1) is 12.4. The first-order chi connectivity index (χ1) is 8.66. The Balaban J connectivity index is 2.06. The second kappa shape index (κ2) is 5.49. The molecule has 0 aliphatic rings. The molecule has 0 aliphatic carbocycles. The molecule has 0 radical (unpaired) electrons. The van der Waals surface area contributed by atoms with Crippen molar-refractivity contribution in [2.45, 2.75) is 26.2 Å². The lowest BCUT2D eigenvalue weighted by molar-refractivity contribution is -0.137. The Hall–Kier alpha value is -2.10. The Kier molecular flexibility index (Phi) is 3.77. The van der Waals surface area contributed by atoms with Gasteiger partial charge < -0.3 is 9.52 Å². The van der Waals surface area contributed by atoms with Crippen LogP contribution in [0.2, 0.25) is 0 Å². The molecule has 0 saturated carbocycles. The van der Waals surface area contributed by atoms with Gasteiger partial charge in [-0.25, -0.2) is 4.98 Å². The van der Waals surface area contributed by atoms with E-state index < -0.39 is 5.97 Å². The molecule has 4 heteroatoms. The quantitative estimate of drug-likeness (QED) is 0.879. The van der Waals surface area contributed by atoms with E-state index in [4.69, 9.17) is 9.52 Å². The van der Waals surface area contributed by atoms with Crippen LogP contribution in [0.5, 0.6) is 0 Å². The van der Waals surface area contributed by atoms with Gasteiger partial charge in [-0.1, -0.05) is 18.2 Å². The van der Waals surface area contributed by atoms with Crippen molar-refractivity contribution >= 4 is 5.97 Å². The number of nitrogens with zero attached hydrogens (tertiary/aromatic N) is 1. The van der Waals surface area contributed by atoms with Crippen LogP contribution >= 0.6 is 0 Å². The lowest BCUT2D eigenvalue weighted by Crippen LogP contribution is -1.95. The summed E-state index contributed by atoms with van der Waals surface area (Å²) in [5.74, 6) is 0.543. The molecular formula is C14H15NO3. The smallest absolute Gasteiger partial charge is 0.303 e. The third kappa shape index (κ3) is 2.97. The predicted octanol–water partition coefficient (Wildman–Crippen LogP) is 3.06. The van der Waals surface area contributed by atoms with E-state index in [1.54, 1.807) is 6.20 Å². The molecule has 0 aliphatic heterocycles. The van der Waals surface area contributed by atoms with Crippen LogP contribution < -0.4 is 0 Å². The molecule has 0 atom stereocenters. The van der Waals surface area contributed by atoms with Crippen molar-refractivity contribution < 1.29 is 14.3 Å². The van der Waals surface area contributed by atoms with Gasteiger partial charge in [0, 0.05) is 18.4 Å². The molecule has 0 fully saturated rings. The maximum absolute atomic E-state index is 10.4. The highest BCUT2D eigenvalue weighted by molar-refractivity contribution is 5.66. The van der Waals surface area contributed by atoms with Crippen molar-refractivity contribution in [1.82, 2.24) is 4.98 Å². The van der Waals surface area contributed by atoms with Gasteiger partial charge in [-0.2, -0.15) is 0 Å². The van der Waals surface area contributed by atoms with Gasteiger partial charge in [0.25, 0.3) is 0 Å². The fourth-order valence-corrected chi connectivity index (χ4v) is 1.77. The van der Waals surface area contributed by atoms with Crippen LogP contribution in [0.15, 0.2) is 34.9 Å². The summed E-state index contributed by atoms with van der Waals surface area (Å²) in [5.41, 5.74) is 2.08. The lowest BCUT2D eigenvalue weighted by Gasteiger charge is -1.99. The molecule has 0 amide bonds. The summed E-state index contributed by atoms with van der Waals surface area (Å²) in [7, 11) is 0. The number of rotatable bonds is 5. The highest BCUT2D eigenvalue weighted by atomic mass is 16.4. The summed E-state index contributed by atoms with van der Waals surface area (Å²) in [4.78, 5) is 14.6. The summed E-state index contributed by atoms with van der Waals surface area (Å²) >= 11 is 0. The molecule has 0 bridgehead atoms. The molecule has 1 aromatic heterocycles. The molecule has 2 aromatic rings. The Labute approximate surface area is 105 Å². The highest BCUT2D eigenvalue weighted by Gasteiger charge is 2.09. The van der Waals surface area contributed by atoms with Crippen LogP contribution in [-0.2, 0) is 11.2 Å². The van der Waals surface area contributed by atoms with Crippen LogP contribution in [-0.4, -0.2) is 16.1 Å². The number of aromatic nitrogens is 1. The topological polar surface area (TPSA) is 63.3 Å². The Morgan fingerprint density at radius 1 is 1.39 bits per heavy atom. The molecule has 1 N–H and O–H groups in total. The SMILES string of the molecule is Cc1ccccc1-c1ncc(CCCC(=O)O)o1. The van der Waals surface area contributed by atoms with Gasteiger partial charge in [0.15, 0.2) is 0 Å². The summed E-state index contributed by atoms with van der Waals surface area (Å²) in [6, 6.07) is 7.87. The minimum atomic E-state index is -0.784. The largest absolute Gasteiger partial charge is 0.481 e. The molecule has 4 nitrogen and oxygen atoms in total. The van der Waals surface area contributed by atoms with Gasteiger partial charge in [-0.15, -0.1) is 0 Å². The standard InChI is InChI=1S/C14H15NO3/c1-10-5-2-3-7-12(10)14-15-9-11(18-14)6-4-8-13(16)17/h2-3,5,7,9H,4,6,8H2,1H3,(H,16,17). The predicted molar refractivity (Wildman–Crippen MR) is 67.2 cm³/mol. The average Bonchev–Trinajstić information content (AvgIpc) is 2.78. The van der Waals surface area contributed by atoms with Crippen molar-refractivity contribution in [1.29, 1.82) is 0 Å². The molecule has 1 aromatic carbocycles. The molecule has 0 spiro atoms. The van der Waals surface area contributed by atoms with Gasteiger partial charge in [-0.05, 0) is 25.0 Å². The number of carboxylic acid groups (broad SMARTS) is 1. The molecule has 18 heavy (non-hydrogen) atoms. The van der Waals surface area contributed by atoms with Gasteiger partial charge in [-0.3, -0.25) is 4.79 Å². The fourth-order valence-electron chi connectivity index (χ4n) is 1.77. The average molecular weight is 245 g/mol. The summed E-state index contributed by atoms with van der Waals surface area (Å²) in [6.07, 6.45) is 2.99. The van der Waals surface area contributed by atoms with E-state index in [0.29, 0.717) is 18.7 Å². The Bertz CT molecular complexity index is 545. The van der Waals surface area contributed by atoms with Crippen molar-refractivity contribution in [3.05, 3.63) is 41.8 Å². The number of hydrogen-bond donors (Lipinski definition) is 1. The van der Waals surface area contributed by atoms with Crippen LogP contribution in [0, 0.1) is 6.92 Å². The Morgan fingerprint density at radius 2 is 2.17 bits per heavy atom. The number of aliphatic carboxylic acids is 1. The summed E-state index contributed by atoms with van der Waals surface area (Å²) in [6.45, 7) is 2.00. The number of carboxylic acids is 1. The molecule has 0 saturated heterocycles. The molecule has 1 heterocycles. The number of oxazole rings is 1. The van der Waals surface area contributed by atoms with E-state index in [2.05, 4.69) is 4.98 Å². The number of benzene rings is 1. The van der Waals surface area contributed by atoms with Gasteiger partial charge in [0.2, 0.25) is 5.89 Å². The zero-order chi connectivity index (χ0) is 13.0. The second-order valence-corrected chi connectivity index (χ2v) is 4.19. The van der Waals surface area contributed by atoms with Crippen molar-refractivity contribution in [3.63, 3.8) is 0 Å². The number of carbonyl (C=O) groups is 1. The third-order valence-corrected chi connectivity index (χ3v) is 2.74. The molecule has 0 unspecified atom stereocenters. The first-order valence-corrected chi connectivity index (χ1v) is 5.89. The van der Waals surface area contributed by atoms with E-state index in [1.807, 2.05) is 31.2 Å². The van der Waals surface area contributed by atoms with E-state index >= 15 is 0 Å². The van der Waals surface area contributed by atoms with E-state index in [9.17, 15) is 4.79 Å². The zero-order valence-electron chi connectivity index (χ0n) is 10.2. The van der Waals surface area contributed by atoms with E-state index in [-0.39, 0.29) is 6.42 Å². The lowest BCUT2D eigenvalue weighted by atomic mass is 10.1. The zero-order valence-corrected chi connectivity index (χ0v) is 10.2. The van der Waals surface area contributed by atoms with Gasteiger partial charge >= 0.3 is 5.97 Å². The maximum atomic E-state index is 10.4. The fraction of sp³-hybridized carbons (Fsp3) is 0.286. The normalized spacial score (nSPS) is 10.5. The summed E-state index contributed by atoms with van der Waals surface area (Å²) < 4.78 is 5.63. The van der Waals surface area contributed by atoms with Crippen molar-refractivity contribution in [3.8, 4) is 11.5 Å². The summed E-state index contributed by atoms with van der Waals surface area (Å²) in [5, 5.41) is 8.56. The van der Waals surface area contributed by atoms with Crippen LogP contribution in [0.3, 0.4) is 0 Å². The number of aryl methyl sites for hydroxylation is 2. The minimum Gasteiger partial charge on any atom is -0.481 e. The van der Waals surface area contributed by atoms with Gasteiger partial charge in [0.05, 0.1) is 6.20 Å². The highest BCUT2D eigenvalue weighted by Crippen LogP contribution is 2.23. The maximum Gasteiger partial charge on any atom is 0.303 e. The van der Waals surface area contributed by atoms with Crippen LogP contribution in [0.1, 0.15) is 24.2 Å². The molecule has 2 rings (SSSR count). The monoisotopic (exact) mass is 245 g/mol. The van der Waals surface area contributed by atoms with E-state index in [1.165, 1.54) is 0 Å². The molecule has 94 valence electrons. The molecular weight excluding hydrogens is 230 g/mol. The second-order valence-electron chi connectivity index (χ2n) is 4.19. The van der Waals surface area contributed by atoms with Crippen molar-refractivity contribution in [2.75, 3.05) is 0 Å². The van der Waals surface area contributed by atoms with Crippen LogP contribution in [0.4, 0.5) is 0 Å².